The van der Waals surface area contributed by atoms with E-state index in [2.05, 4.69) is 180 Å². The molecule has 0 bridgehead atoms. The second-order valence-electron chi connectivity index (χ2n) is 12.5. The van der Waals surface area contributed by atoms with Crippen LogP contribution >= 0.6 is 0 Å². The van der Waals surface area contributed by atoms with Gasteiger partial charge in [-0.3, -0.25) is 0 Å². The third-order valence-electron chi connectivity index (χ3n) is 9.93. The SMILES string of the molecule is c1ccc(-n2c3ccc(-c4c5ccccc5c(-c5ccc6ccccc6c5)c5ccccc45)cc3c3c4ccccc4ccc32)cc1. The zero-order chi connectivity index (χ0) is 30.9. The molecule has 1 heterocycles. The molecular weight excluding hydrogens is 567 g/mol. The first kappa shape index (κ1) is 26.1. The van der Waals surface area contributed by atoms with Crippen molar-refractivity contribution < 1.29 is 0 Å². The molecule has 0 aliphatic carbocycles. The summed E-state index contributed by atoms with van der Waals surface area (Å²) >= 11 is 0. The van der Waals surface area contributed by atoms with E-state index >= 15 is 0 Å². The van der Waals surface area contributed by atoms with Gasteiger partial charge < -0.3 is 4.57 Å². The largest absolute Gasteiger partial charge is 0.309 e. The lowest BCUT2D eigenvalue weighted by molar-refractivity contribution is 1.18. The van der Waals surface area contributed by atoms with Gasteiger partial charge in [-0.1, -0.05) is 140 Å². The van der Waals surface area contributed by atoms with Crippen LogP contribution in [0.2, 0.25) is 0 Å². The number of benzene rings is 9. The molecule has 0 N–H and O–H groups in total. The molecule has 0 saturated heterocycles. The van der Waals surface area contributed by atoms with Gasteiger partial charge in [-0.2, -0.15) is 0 Å². The van der Waals surface area contributed by atoms with Gasteiger partial charge in [0.15, 0.2) is 0 Å². The van der Waals surface area contributed by atoms with Gasteiger partial charge in [-0.15, -0.1) is 0 Å². The van der Waals surface area contributed by atoms with E-state index in [0.717, 1.165) is 0 Å². The van der Waals surface area contributed by atoms with Gasteiger partial charge in [0, 0.05) is 16.5 Å². The summed E-state index contributed by atoms with van der Waals surface area (Å²) in [6.07, 6.45) is 0. The van der Waals surface area contributed by atoms with Crippen molar-refractivity contribution in [3.63, 3.8) is 0 Å². The van der Waals surface area contributed by atoms with E-state index in [1.807, 2.05) is 0 Å². The first-order valence-corrected chi connectivity index (χ1v) is 16.3. The minimum absolute atomic E-state index is 1.17. The zero-order valence-electron chi connectivity index (χ0n) is 25.7. The highest BCUT2D eigenvalue weighted by Crippen LogP contribution is 2.46. The Kier molecular flexibility index (Phi) is 5.64. The summed E-state index contributed by atoms with van der Waals surface area (Å²) < 4.78 is 2.42. The molecule has 47 heavy (non-hydrogen) atoms. The van der Waals surface area contributed by atoms with Gasteiger partial charge in [0.2, 0.25) is 0 Å². The van der Waals surface area contributed by atoms with Crippen LogP contribution < -0.4 is 0 Å². The maximum absolute atomic E-state index is 2.44. The summed E-state index contributed by atoms with van der Waals surface area (Å²) in [7, 11) is 0. The lowest BCUT2D eigenvalue weighted by atomic mass is 9.85. The van der Waals surface area contributed by atoms with Gasteiger partial charge in [0.05, 0.1) is 11.0 Å². The molecule has 0 unspecified atom stereocenters. The Hall–Kier alpha value is -6.18. The summed E-state index contributed by atoms with van der Waals surface area (Å²) in [5.74, 6) is 0. The van der Waals surface area contributed by atoms with Crippen LogP contribution in [0.25, 0.3) is 92.8 Å². The van der Waals surface area contributed by atoms with Crippen LogP contribution in [0.4, 0.5) is 0 Å². The highest BCUT2D eigenvalue weighted by atomic mass is 15.0. The number of hydrogen-bond donors (Lipinski definition) is 0. The topological polar surface area (TPSA) is 4.93 Å². The van der Waals surface area contributed by atoms with Crippen LogP contribution in [-0.2, 0) is 0 Å². The lowest BCUT2D eigenvalue weighted by Gasteiger charge is -2.18. The quantitative estimate of drug-likeness (QED) is 0.179. The summed E-state index contributed by atoms with van der Waals surface area (Å²) in [4.78, 5) is 0. The summed E-state index contributed by atoms with van der Waals surface area (Å²) in [6, 6.07) is 64.5. The molecule has 218 valence electrons. The minimum Gasteiger partial charge on any atom is -0.309 e. The second-order valence-corrected chi connectivity index (χ2v) is 12.5. The third kappa shape index (κ3) is 3.90. The maximum Gasteiger partial charge on any atom is 0.0547 e. The normalized spacial score (nSPS) is 11.8. The first-order chi connectivity index (χ1) is 23.3. The van der Waals surface area contributed by atoms with Gasteiger partial charge in [-0.25, -0.2) is 0 Å². The Bertz CT molecular complexity index is 2780. The fraction of sp³-hybridized carbons (Fsp3) is 0. The van der Waals surface area contributed by atoms with Crippen molar-refractivity contribution in [3.05, 3.63) is 176 Å². The molecule has 10 rings (SSSR count). The van der Waals surface area contributed by atoms with Crippen molar-refractivity contribution in [1.82, 2.24) is 4.57 Å². The van der Waals surface area contributed by atoms with Gasteiger partial charge in [0.1, 0.15) is 0 Å². The van der Waals surface area contributed by atoms with Gasteiger partial charge >= 0.3 is 0 Å². The van der Waals surface area contributed by atoms with Crippen molar-refractivity contribution in [2.75, 3.05) is 0 Å². The molecule has 0 amide bonds. The molecule has 0 aliphatic rings. The molecule has 9 aromatic carbocycles. The van der Waals surface area contributed by atoms with Gasteiger partial charge in [-0.05, 0) is 102 Å². The number of aromatic nitrogens is 1. The minimum atomic E-state index is 1.17. The van der Waals surface area contributed by atoms with Crippen molar-refractivity contribution >= 4 is 64.9 Å². The molecule has 0 saturated carbocycles. The Balaban J connectivity index is 1.32. The Morgan fingerprint density at radius 1 is 0.298 bits per heavy atom. The number of fused-ring (bicyclic) bond motifs is 8. The van der Waals surface area contributed by atoms with Crippen molar-refractivity contribution in [3.8, 4) is 27.9 Å². The molecule has 1 aromatic heterocycles. The van der Waals surface area contributed by atoms with Crippen molar-refractivity contribution in [1.29, 1.82) is 0 Å². The standard InChI is InChI=1S/C46H29N/c1-2-15-35(16-3-1)47-42-26-25-34(29-41(42)46-36-17-7-6-13-31(36)24-27-43(46)47)45-39-20-10-8-18-37(39)44(38-19-9-11-21-40(38)45)33-23-22-30-12-4-5-14-32(30)28-33/h1-29H. The van der Waals surface area contributed by atoms with E-state index in [0.29, 0.717) is 0 Å². The monoisotopic (exact) mass is 595 g/mol. The molecule has 0 fully saturated rings. The number of rotatable bonds is 3. The molecule has 0 atom stereocenters. The molecule has 1 heteroatoms. The van der Waals surface area contributed by atoms with E-state index in [1.54, 1.807) is 0 Å². The van der Waals surface area contributed by atoms with E-state index in [-0.39, 0.29) is 0 Å². The van der Waals surface area contributed by atoms with Crippen LogP contribution in [0.5, 0.6) is 0 Å². The zero-order valence-corrected chi connectivity index (χ0v) is 25.7. The average molecular weight is 596 g/mol. The molecule has 0 spiro atoms. The van der Waals surface area contributed by atoms with E-state index in [4.69, 9.17) is 0 Å². The first-order valence-electron chi connectivity index (χ1n) is 16.3. The summed E-state index contributed by atoms with van der Waals surface area (Å²) in [5.41, 5.74) is 8.66. The Morgan fingerprint density at radius 2 is 0.787 bits per heavy atom. The van der Waals surface area contributed by atoms with Crippen molar-refractivity contribution in [2.24, 2.45) is 0 Å². The molecule has 10 aromatic rings. The van der Waals surface area contributed by atoms with E-state index in [1.165, 1.54) is 92.8 Å². The number of nitrogens with zero attached hydrogens (tertiary/aromatic N) is 1. The maximum atomic E-state index is 2.44. The fourth-order valence-electron chi connectivity index (χ4n) is 7.90. The summed E-state index contributed by atoms with van der Waals surface area (Å²) in [6.45, 7) is 0. The van der Waals surface area contributed by atoms with E-state index in [9.17, 15) is 0 Å². The molecule has 0 aliphatic heterocycles. The average Bonchev–Trinajstić information content (AvgIpc) is 3.48. The highest BCUT2D eigenvalue weighted by Gasteiger charge is 2.20. The Morgan fingerprint density at radius 3 is 1.47 bits per heavy atom. The van der Waals surface area contributed by atoms with Crippen LogP contribution in [0.1, 0.15) is 0 Å². The molecule has 0 radical (unpaired) electrons. The van der Waals surface area contributed by atoms with Crippen LogP contribution in [0.3, 0.4) is 0 Å². The highest BCUT2D eigenvalue weighted by molar-refractivity contribution is 6.25. The van der Waals surface area contributed by atoms with E-state index < -0.39 is 0 Å². The lowest BCUT2D eigenvalue weighted by Crippen LogP contribution is -1.93. The number of para-hydroxylation sites is 1. The van der Waals surface area contributed by atoms with Crippen LogP contribution in [-0.4, -0.2) is 4.57 Å². The van der Waals surface area contributed by atoms with Crippen LogP contribution in [0, 0.1) is 0 Å². The predicted molar refractivity (Wildman–Crippen MR) is 202 cm³/mol. The second kappa shape index (κ2) is 10.2. The van der Waals surface area contributed by atoms with Crippen molar-refractivity contribution in [2.45, 2.75) is 0 Å². The Labute approximate surface area is 272 Å². The summed E-state index contributed by atoms with van der Waals surface area (Å²) in [5, 5.41) is 12.7. The molecular formula is C46H29N. The molecule has 1 nitrogen and oxygen atoms in total. The number of hydrogen-bond acceptors (Lipinski definition) is 0. The smallest absolute Gasteiger partial charge is 0.0547 e. The fourth-order valence-corrected chi connectivity index (χ4v) is 7.90. The van der Waals surface area contributed by atoms with Crippen LogP contribution in [0.15, 0.2) is 176 Å². The van der Waals surface area contributed by atoms with Gasteiger partial charge in [0.25, 0.3) is 0 Å². The third-order valence-corrected chi connectivity index (χ3v) is 9.93. The predicted octanol–water partition coefficient (Wildman–Crippen LogP) is 12.7.